The van der Waals surface area contributed by atoms with Crippen molar-refractivity contribution in [2.24, 2.45) is 0 Å². The molecule has 1 amide bonds. The Bertz CT molecular complexity index is 729. The lowest BCUT2D eigenvalue weighted by atomic mass is 10.1. The molecule has 2 N–H and O–H groups in total. The first kappa shape index (κ1) is 16.2. The molecular formula is C14H15ClFN3O3. The summed E-state index contributed by atoms with van der Waals surface area (Å²) in [6.07, 6.45) is 2.91. The number of carbonyl (C=O) groups is 2. The van der Waals surface area contributed by atoms with E-state index in [1.165, 1.54) is 24.2 Å². The predicted octanol–water partition coefficient (Wildman–Crippen LogP) is 2.20. The van der Waals surface area contributed by atoms with E-state index in [2.05, 4.69) is 9.97 Å². The highest BCUT2D eigenvalue weighted by molar-refractivity contribution is 6.06. The van der Waals surface area contributed by atoms with Gasteiger partial charge in [-0.25, -0.2) is 14.2 Å². The van der Waals surface area contributed by atoms with Gasteiger partial charge in [0.15, 0.2) is 0 Å². The minimum absolute atomic E-state index is 0. The molecule has 1 aromatic heterocycles. The van der Waals surface area contributed by atoms with E-state index in [-0.39, 0.29) is 24.0 Å². The van der Waals surface area contributed by atoms with Crippen molar-refractivity contribution in [3.63, 3.8) is 0 Å². The third-order valence-electron chi connectivity index (χ3n) is 3.67. The number of aliphatic carboxylic acids is 1. The van der Waals surface area contributed by atoms with Gasteiger partial charge >= 0.3 is 5.97 Å². The average Bonchev–Trinajstić information content (AvgIpc) is 3.14. The molecule has 0 radical (unpaired) electrons. The number of imidazole rings is 1. The van der Waals surface area contributed by atoms with Crippen molar-refractivity contribution in [2.45, 2.75) is 31.8 Å². The molecule has 1 saturated carbocycles. The monoisotopic (exact) mass is 327 g/mol. The summed E-state index contributed by atoms with van der Waals surface area (Å²) < 4.78 is 13.6. The van der Waals surface area contributed by atoms with Gasteiger partial charge in [-0.2, -0.15) is 0 Å². The van der Waals surface area contributed by atoms with Crippen LogP contribution in [-0.4, -0.2) is 43.9 Å². The Morgan fingerprint density at radius 3 is 2.73 bits per heavy atom. The summed E-state index contributed by atoms with van der Waals surface area (Å²) >= 11 is 0. The van der Waals surface area contributed by atoms with Crippen LogP contribution in [0.2, 0.25) is 0 Å². The van der Waals surface area contributed by atoms with E-state index in [0.717, 1.165) is 18.9 Å². The number of fused-ring (bicyclic) bond motifs is 1. The van der Waals surface area contributed by atoms with Crippen molar-refractivity contribution < 1.29 is 19.1 Å². The van der Waals surface area contributed by atoms with Gasteiger partial charge in [0, 0.05) is 6.04 Å². The lowest BCUT2D eigenvalue weighted by molar-refractivity contribution is -0.141. The van der Waals surface area contributed by atoms with Gasteiger partial charge in [-0.1, -0.05) is 0 Å². The first-order valence-electron chi connectivity index (χ1n) is 6.67. The van der Waals surface area contributed by atoms with Crippen molar-refractivity contribution in [2.75, 3.05) is 0 Å². The van der Waals surface area contributed by atoms with Crippen molar-refractivity contribution >= 4 is 35.3 Å². The fraction of sp³-hybridized carbons (Fsp3) is 0.357. The number of aromatic amines is 1. The summed E-state index contributed by atoms with van der Waals surface area (Å²) in [5, 5.41) is 9.16. The fourth-order valence-corrected chi connectivity index (χ4v) is 2.45. The van der Waals surface area contributed by atoms with Crippen LogP contribution in [0.1, 0.15) is 30.1 Å². The molecule has 0 spiro atoms. The number of aromatic nitrogens is 2. The molecule has 1 heterocycles. The van der Waals surface area contributed by atoms with E-state index < -0.39 is 23.7 Å². The van der Waals surface area contributed by atoms with Crippen LogP contribution in [0, 0.1) is 5.82 Å². The highest BCUT2D eigenvalue weighted by Gasteiger charge is 2.39. The third kappa shape index (κ3) is 2.76. The summed E-state index contributed by atoms with van der Waals surface area (Å²) in [6.45, 7) is 1.46. The maximum absolute atomic E-state index is 13.6. The zero-order valence-corrected chi connectivity index (χ0v) is 12.6. The Hall–Kier alpha value is -2.15. The second kappa shape index (κ2) is 5.92. The molecule has 118 valence electrons. The standard InChI is InChI=1S/C14H14FN3O3.ClH/c1-7(14(20)21)18(9-2-3-9)13(19)10-4-8(15)5-11-12(10)17-6-16-11;/h4-7,9H,2-3H2,1H3,(H,16,17)(H,20,21);1H. The van der Waals surface area contributed by atoms with E-state index in [1.807, 2.05) is 0 Å². The minimum Gasteiger partial charge on any atom is -0.480 e. The number of amides is 1. The third-order valence-corrected chi connectivity index (χ3v) is 3.67. The summed E-state index contributed by atoms with van der Waals surface area (Å²) in [5.74, 6) is -2.14. The maximum Gasteiger partial charge on any atom is 0.326 e. The van der Waals surface area contributed by atoms with Crippen molar-refractivity contribution in [3.05, 3.63) is 29.8 Å². The van der Waals surface area contributed by atoms with Crippen molar-refractivity contribution in [1.29, 1.82) is 0 Å². The van der Waals surface area contributed by atoms with Crippen LogP contribution in [0.25, 0.3) is 11.0 Å². The number of benzene rings is 1. The summed E-state index contributed by atoms with van der Waals surface area (Å²) in [5.41, 5.74) is 0.855. The van der Waals surface area contributed by atoms with E-state index in [1.54, 1.807) is 0 Å². The number of H-pyrrole nitrogens is 1. The topological polar surface area (TPSA) is 86.3 Å². The molecule has 0 aliphatic heterocycles. The van der Waals surface area contributed by atoms with Gasteiger partial charge in [0.05, 0.1) is 17.4 Å². The van der Waals surface area contributed by atoms with Crippen LogP contribution >= 0.6 is 12.4 Å². The quantitative estimate of drug-likeness (QED) is 0.901. The van der Waals surface area contributed by atoms with E-state index in [9.17, 15) is 14.0 Å². The SMILES string of the molecule is CC(C(=O)O)N(C(=O)c1cc(F)cc2[nH]cnc12)C1CC1.Cl. The molecule has 1 unspecified atom stereocenters. The van der Waals surface area contributed by atoms with E-state index in [0.29, 0.717) is 11.0 Å². The maximum atomic E-state index is 13.6. The molecule has 8 heteroatoms. The molecule has 1 aliphatic carbocycles. The molecule has 3 rings (SSSR count). The Labute approximate surface area is 131 Å². The average molecular weight is 328 g/mol. The number of nitrogens with one attached hydrogen (secondary N) is 1. The molecule has 1 fully saturated rings. The van der Waals surface area contributed by atoms with Gasteiger partial charge in [0.2, 0.25) is 0 Å². The number of halogens is 2. The normalized spacial score (nSPS) is 15.2. The van der Waals surface area contributed by atoms with Gasteiger partial charge < -0.3 is 15.0 Å². The lowest BCUT2D eigenvalue weighted by Gasteiger charge is -2.26. The van der Waals surface area contributed by atoms with Gasteiger partial charge in [-0.05, 0) is 31.9 Å². The molecule has 1 aliphatic rings. The van der Waals surface area contributed by atoms with Gasteiger partial charge in [-0.3, -0.25) is 4.79 Å². The van der Waals surface area contributed by atoms with Crippen molar-refractivity contribution in [3.8, 4) is 0 Å². The number of rotatable bonds is 4. The molecule has 1 aromatic carbocycles. The van der Waals surface area contributed by atoms with Crippen LogP contribution in [0.3, 0.4) is 0 Å². The van der Waals surface area contributed by atoms with Gasteiger partial charge in [-0.15, -0.1) is 12.4 Å². The second-order valence-corrected chi connectivity index (χ2v) is 5.21. The van der Waals surface area contributed by atoms with E-state index in [4.69, 9.17) is 5.11 Å². The van der Waals surface area contributed by atoms with Gasteiger partial charge in [0.1, 0.15) is 17.4 Å². The summed E-state index contributed by atoms with van der Waals surface area (Å²) in [4.78, 5) is 32.0. The van der Waals surface area contributed by atoms with Crippen LogP contribution in [0.5, 0.6) is 0 Å². The molecule has 0 saturated heterocycles. The Balaban J connectivity index is 0.00000176. The molecule has 6 nitrogen and oxygen atoms in total. The number of nitrogens with zero attached hydrogens (tertiary/aromatic N) is 2. The zero-order chi connectivity index (χ0) is 15.1. The van der Waals surface area contributed by atoms with Crippen LogP contribution in [0.15, 0.2) is 18.5 Å². The summed E-state index contributed by atoms with van der Waals surface area (Å²) in [7, 11) is 0. The Morgan fingerprint density at radius 2 is 2.14 bits per heavy atom. The van der Waals surface area contributed by atoms with E-state index >= 15 is 0 Å². The number of carboxylic acid groups (broad SMARTS) is 1. The van der Waals surface area contributed by atoms with Crippen molar-refractivity contribution in [1.82, 2.24) is 14.9 Å². The highest BCUT2D eigenvalue weighted by Crippen LogP contribution is 2.31. The predicted molar refractivity (Wildman–Crippen MR) is 79.6 cm³/mol. The summed E-state index contributed by atoms with van der Waals surface area (Å²) in [6, 6.07) is 1.31. The number of hydrogen-bond donors (Lipinski definition) is 2. The second-order valence-electron chi connectivity index (χ2n) is 5.21. The molecule has 22 heavy (non-hydrogen) atoms. The molecule has 1 atom stereocenters. The largest absolute Gasteiger partial charge is 0.480 e. The smallest absolute Gasteiger partial charge is 0.326 e. The highest BCUT2D eigenvalue weighted by atomic mass is 35.5. The van der Waals surface area contributed by atoms with Crippen LogP contribution in [0.4, 0.5) is 4.39 Å². The minimum atomic E-state index is -1.08. The Kier molecular flexibility index (Phi) is 4.37. The van der Waals surface area contributed by atoms with Crippen LogP contribution < -0.4 is 0 Å². The zero-order valence-electron chi connectivity index (χ0n) is 11.7. The molecular weight excluding hydrogens is 313 g/mol. The number of hydrogen-bond acceptors (Lipinski definition) is 3. The number of carbonyl (C=O) groups excluding carboxylic acids is 1. The first-order valence-corrected chi connectivity index (χ1v) is 6.67. The number of carboxylic acids is 1. The van der Waals surface area contributed by atoms with Crippen LogP contribution in [-0.2, 0) is 4.79 Å². The first-order chi connectivity index (χ1) is 9.99. The molecule has 0 bridgehead atoms. The lowest BCUT2D eigenvalue weighted by Crippen LogP contribution is -2.44. The Morgan fingerprint density at radius 1 is 1.45 bits per heavy atom. The fourth-order valence-electron chi connectivity index (χ4n) is 2.45. The van der Waals surface area contributed by atoms with Gasteiger partial charge in [0.25, 0.3) is 5.91 Å². The molecule has 2 aromatic rings.